The number of hydrogen-bond donors (Lipinski definition) is 2. The van der Waals surface area contributed by atoms with E-state index in [-0.39, 0.29) is 6.61 Å². The quantitative estimate of drug-likeness (QED) is 0.734. The van der Waals surface area contributed by atoms with Crippen molar-refractivity contribution in [2.24, 2.45) is 0 Å². The van der Waals surface area contributed by atoms with Gasteiger partial charge in [-0.15, -0.1) is 0 Å². The predicted octanol–water partition coefficient (Wildman–Crippen LogP) is 1.57. The summed E-state index contributed by atoms with van der Waals surface area (Å²) >= 11 is 0. The molecule has 2 rings (SSSR count). The number of rotatable bonds is 7. The number of nitrogens with one attached hydrogen (secondary N) is 1. The molecule has 4 nitrogen and oxygen atoms in total. The van der Waals surface area contributed by atoms with E-state index >= 15 is 0 Å². The van der Waals surface area contributed by atoms with Crippen molar-refractivity contribution in [2.45, 2.75) is 18.9 Å². The fraction of sp³-hybridized carbons (Fsp3) is 0.600. The first kappa shape index (κ1) is 14.3. The molecule has 106 valence electrons. The van der Waals surface area contributed by atoms with Crippen LogP contribution in [-0.2, 0) is 4.74 Å². The summed E-state index contributed by atoms with van der Waals surface area (Å²) in [6.45, 7) is 4.43. The molecule has 1 aromatic carbocycles. The third-order valence-electron chi connectivity index (χ3n) is 3.44. The second-order valence-electron chi connectivity index (χ2n) is 4.99. The molecule has 1 aromatic rings. The largest absolute Gasteiger partial charge is 0.394 e. The van der Waals surface area contributed by atoms with Crippen LogP contribution in [0.5, 0.6) is 0 Å². The summed E-state index contributed by atoms with van der Waals surface area (Å²) in [6, 6.07) is 10.9. The average molecular weight is 264 g/mol. The zero-order valence-electron chi connectivity index (χ0n) is 11.4. The van der Waals surface area contributed by atoms with E-state index in [1.165, 1.54) is 18.5 Å². The summed E-state index contributed by atoms with van der Waals surface area (Å²) in [5, 5.41) is 12.3. The highest BCUT2D eigenvalue weighted by molar-refractivity contribution is 5.43. The van der Waals surface area contributed by atoms with Gasteiger partial charge in [0.15, 0.2) is 0 Å². The van der Waals surface area contributed by atoms with Crippen LogP contribution >= 0.6 is 0 Å². The molecule has 0 aliphatic carbocycles. The molecule has 0 saturated carbocycles. The van der Waals surface area contributed by atoms with Gasteiger partial charge in [0.25, 0.3) is 0 Å². The smallest absolute Gasteiger partial charge is 0.0698 e. The molecule has 1 atom stereocenters. The van der Waals surface area contributed by atoms with Gasteiger partial charge in [0, 0.05) is 24.8 Å². The standard InChI is InChI=1S/C15H24N2O2/c18-10-12-19-11-9-17-8-4-7-15(13-17)16-14-5-2-1-3-6-14/h1-3,5-6,15-16,18H,4,7-13H2. The fourth-order valence-corrected chi connectivity index (χ4v) is 2.51. The number of ether oxygens (including phenoxy) is 1. The lowest BCUT2D eigenvalue weighted by molar-refractivity contribution is 0.0683. The van der Waals surface area contributed by atoms with Gasteiger partial charge in [0.2, 0.25) is 0 Å². The zero-order chi connectivity index (χ0) is 13.3. The van der Waals surface area contributed by atoms with Crippen molar-refractivity contribution in [1.29, 1.82) is 0 Å². The van der Waals surface area contributed by atoms with Gasteiger partial charge in [-0.25, -0.2) is 0 Å². The van der Waals surface area contributed by atoms with Gasteiger partial charge in [-0.3, -0.25) is 4.90 Å². The van der Waals surface area contributed by atoms with Crippen LogP contribution in [0.15, 0.2) is 30.3 Å². The summed E-state index contributed by atoms with van der Waals surface area (Å²) in [4.78, 5) is 2.43. The van der Waals surface area contributed by atoms with E-state index in [1.54, 1.807) is 0 Å². The van der Waals surface area contributed by atoms with E-state index in [4.69, 9.17) is 9.84 Å². The van der Waals surface area contributed by atoms with Crippen LogP contribution in [0, 0.1) is 0 Å². The molecule has 1 saturated heterocycles. The maximum atomic E-state index is 8.66. The van der Waals surface area contributed by atoms with Crippen LogP contribution in [0.2, 0.25) is 0 Å². The number of benzene rings is 1. The Morgan fingerprint density at radius 1 is 1.26 bits per heavy atom. The number of hydrogen-bond acceptors (Lipinski definition) is 4. The topological polar surface area (TPSA) is 44.7 Å². The molecule has 0 aromatic heterocycles. The van der Waals surface area contributed by atoms with E-state index in [1.807, 2.05) is 6.07 Å². The lowest BCUT2D eigenvalue weighted by Gasteiger charge is -2.33. The number of piperidine rings is 1. The maximum absolute atomic E-state index is 8.66. The number of likely N-dealkylation sites (tertiary alicyclic amines) is 1. The fourth-order valence-electron chi connectivity index (χ4n) is 2.51. The van der Waals surface area contributed by atoms with Crippen molar-refractivity contribution in [3.05, 3.63) is 30.3 Å². The minimum Gasteiger partial charge on any atom is -0.394 e. The molecule has 0 bridgehead atoms. The van der Waals surface area contributed by atoms with Crippen LogP contribution in [-0.4, -0.2) is 55.5 Å². The second-order valence-corrected chi connectivity index (χ2v) is 4.99. The predicted molar refractivity (Wildman–Crippen MR) is 77.4 cm³/mol. The summed E-state index contributed by atoms with van der Waals surface area (Å²) in [7, 11) is 0. The van der Waals surface area contributed by atoms with Gasteiger partial charge < -0.3 is 15.2 Å². The maximum Gasteiger partial charge on any atom is 0.0698 e. The molecule has 1 heterocycles. The summed E-state index contributed by atoms with van der Waals surface area (Å²) in [5.74, 6) is 0. The van der Waals surface area contributed by atoms with Crippen LogP contribution < -0.4 is 5.32 Å². The van der Waals surface area contributed by atoms with Crippen molar-refractivity contribution in [1.82, 2.24) is 4.90 Å². The average Bonchev–Trinajstić information content (AvgIpc) is 2.45. The Bertz CT molecular complexity index is 345. The Labute approximate surface area is 115 Å². The molecular weight excluding hydrogens is 240 g/mol. The third kappa shape index (κ3) is 5.19. The Hall–Kier alpha value is -1.10. The molecule has 1 aliphatic heterocycles. The second kappa shape index (κ2) is 8.15. The van der Waals surface area contributed by atoms with Gasteiger partial charge in [-0.2, -0.15) is 0 Å². The molecule has 0 radical (unpaired) electrons. The Morgan fingerprint density at radius 3 is 2.89 bits per heavy atom. The number of para-hydroxylation sites is 1. The van der Waals surface area contributed by atoms with Crippen LogP contribution in [0.25, 0.3) is 0 Å². The van der Waals surface area contributed by atoms with Crippen molar-refractivity contribution in [2.75, 3.05) is 44.8 Å². The normalized spacial score (nSPS) is 20.4. The molecular formula is C15H24N2O2. The van der Waals surface area contributed by atoms with Crippen LogP contribution in [0.3, 0.4) is 0 Å². The van der Waals surface area contributed by atoms with Gasteiger partial charge in [-0.1, -0.05) is 18.2 Å². The Kier molecular flexibility index (Phi) is 6.14. The van der Waals surface area contributed by atoms with Crippen molar-refractivity contribution < 1.29 is 9.84 Å². The van der Waals surface area contributed by atoms with E-state index in [0.29, 0.717) is 19.3 Å². The summed E-state index contributed by atoms with van der Waals surface area (Å²) < 4.78 is 5.33. The first-order chi connectivity index (χ1) is 9.38. The minimum atomic E-state index is 0.109. The number of aliphatic hydroxyl groups is 1. The molecule has 1 aliphatic rings. The highest BCUT2D eigenvalue weighted by atomic mass is 16.5. The summed E-state index contributed by atoms with van der Waals surface area (Å²) in [5.41, 5.74) is 1.20. The lowest BCUT2D eigenvalue weighted by atomic mass is 10.1. The number of nitrogens with zero attached hydrogens (tertiary/aromatic N) is 1. The lowest BCUT2D eigenvalue weighted by Crippen LogP contribution is -2.43. The highest BCUT2D eigenvalue weighted by Crippen LogP contribution is 2.15. The highest BCUT2D eigenvalue weighted by Gasteiger charge is 2.19. The third-order valence-corrected chi connectivity index (χ3v) is 3.44. The number of aliphatic hydroxyl groups excluding tert-OH is 1. The zero-order valence-corrected chi connectivity index (χ0v) is 11.4. The van der Waals surface area contributed by atoms with Gasteiger partial charge in [-0.05, 0) is 31.5 Å². The summed E-state index contributed by atoms with van der Waals surface area (Å²) in [6.07, 6.45) is 2.45. The molecule has 19 heavy (non-hydrogen) atoms. The van der Waals surface area contributed by atoms with Crippen molar-refractivity contribution in [3.8, 4) is 0 Å². The van der Waals surface area contributed by atoms with Crippen molar-refractivity contribution >= 4 is 5.69 Å². The SMILES string of the molecule is OCCOCCN1CCCC(Nc2ccccc2)C1. The molecule has 1 unspecified atom stereocenters. The monoisotopic (exact) mass is 264 g/mol. The first-order valence-electron chi connectivity index (χ1n) is 7.11. The molecule has 4 heteroatoms. The van der Waals surface area contributed by atoms with E-state index < -0.39 is 0 Å². The Morgan fingerprint density at radius 2 is 2.11 bits per heavy atom. The van der Waals surface area contributed by atoms with Crippen LogP contribution in [0.4, 0.5) is 5.69 Å². The molecule has 0 amide bonds. The van der Waals surface area contributed by atoms with E-state index in [2.05, 4.69) is 34.5 Å². The van der Waals surface area contributed by atoms with Gasteiger partial charge in [0.05, 0.1) is 19.8 Å². The number of anilines is 1. The van der Waals surface area contributed by atoms with E-state index in [0.717, 1.165) is 19.6 Å². The van der Waals surface area contributed by atoms with Crippen LogP contribution in [0.1, 0.15) is 12.8 Å². The Balaban J connectivity index is 1.71. The molecule has 1 fully saturated rings. The van der Waals surface area contributed by atoms with Gasteiger partial charge >= 0.3 is 0 Å². The molecule has 0 spiro atoms. The minimum absolute atomic E-state index is 0.109. The van der Waals surface area contributed by atoms with Gasteiger partial charge in [0.1, 0.15) is 0 Å². The van der Waals surface area contributed by atoms with Crippen molar-refractivity contribution in [3.63, 3.8) is 0 Å². The van der Waals surface area contributed by atoms with E-state index in [9.17, 15) is 0 Å². The first-order valence-corrected chi connectivity index (χ1v) is 7.11. The molecule has 2 N–H and O–H groups in total.